The molecule has 1 amide bonds. The van der Waals surface area contributed by atoms with Gasteiger partial charge in [-0.25, -0.2) is 8.42 Å². The molecule has 1 heterocycles. The van der Waals surface area contributed by atoms with E-state index in [4.69, 9.17) is 22.3 Å². The Morgan fingerprint density at radius 3 is 2.58 bits per heavy atom. The van der Waals surface area contributed by atoms with Gasteiger partial charge in [0.15, 0.2) is 0 Å². The van der Waals surface area contributed by atoms with E-state index in [0.717, 1.165) is 5.56 Å². The summed E-state index contributed by atoms with van der Waals surface area (Å²) in [6.07, 6.45) is 0.564. The number of hydrogen-bond acceptors (Lipinski definition) is 3. The Balaban J connectivity index is 1.98. The van der Waals surface area contributed by atoms with Crippen molar-refractivity contribution in [1.29, 1.82) is 0 Å². The maximum Gasteiger partial charge on any atom is 0.237 e. The van der Waals surface area contributed by atoms with Crippen molar-refractivity contribution in [3.05, 3.63) is 34.9 Å². The van der Waals surface area contributed by atoms with E-state index in [0.29, 0.717) is 18.0 Å². The topological polar surface area (TPSA) is 54.5 Å². The van der Waals surface area contributed by atoms with Crippen LogP contribution in [0.2, 0.25) is 5.02 Å². The van der Waals surface area contributed by atoms with Crippen molar-refractivity contribution in [2.24, 2.45) is 0 Å². The van der Waals surface area contributed by atoms with E-state index in [1.807, 2.05) is 18.2 Å². The van der Waals surface area contributed by atoms with E-state index in [9.17, 15) is 13.2 Å². The highest BCUT2D eigenvalue weighted by atomic mass is 35.7. The molecule has 7 heteroatoms. The minimum atomic E-state index is -3.68. The standard InChI is InChI=1S/C12H13Cl2NO3S/c13-11-4-2-1-3-9(11)5-6-15-8-10(7-12(15)16)19(14,17)18/h1-4,10H,5-8H2. The third-order valence-electron chi connectivity index (χ3n) is 3.19. The van der Waals surface area contributed by atoms with Gasteiger partial charge < -0.3 is 4.90 Å². The third kappa shape index (κ3) is 3.61. The molecule has 1 aromatic rings. The molecular weight excluding hydrogens is 309 g/mol. The Hall–Kier alpha value is -0.780. The molecule has 1 saturated heterocycles. The average molecular weight is 322 g/mol. The van der Waals surface area contributed by atoms with Gasteiger partial charge in [-0.1, -0.05) is 29.8 Å². The predicted molar refractivity (Wildman–Crippen MR) is 74.9 cm³/mol. The van der Waals surface area contributed by atoms with Gasteiger partial charge in [-0.2, -0.15) is 0 Å². The van der Waals surface area contributed by atoms with Crippen LogP contribution in [0.1, 0.15) is 12.0 Å². The summed E-state index contributed by atoms with van der Waals surface area (Å²) < 4.78 is 22.4. The van der Waals surface area contributed by atoms with E-state index in [-0.39, 0.29) is 18.9 Å². The van der Waals surface area contributed by atoms with Crippen LogP contribution in [-0.4, -0.2) is 37.6 Å². The van der Waals surface area contributed by atoms with E-state index < -0.39 is 14.3 Å². The monoisotopic (exact) mass is 321 g/mol. The first-order chi connectivity index (χ1) is 8.88. The zero-order valence-corrected chi connectivity index (χ0v) is 12.4. The molecule has 1 atom stereocenters. The molecule has 104 valence electrons. The van der Waals surface area contributed by atoms with Crippen LogP contribution < -0.4 is 0 Å². The molecule has 0 radical (unpaired) electrons. The smallest absolute Gasteiger partial charge is 0.237 e. The normalized spacial score (nSPS) is 20.0. The van der Waals surface area contributed by atoms with Gasteiger partial charge in [-0.05, 0) is 18.1 Å². The zero-order chi connectivity index (χ0) is 14.0. The maximum atomic E-state index is 11.7. The van der Waals surface area contributed by atoms with Crippen molar-refractivity contribution in [2.75, 3.05) is 13.1 Å². The summed E-state index contributed by atoms with van der Waals surface area (Å²) in [5, 5.41) is -0.149. The number of hydrogen-bond donors (Lipinski definition) is 0. The summed E-state index contributed by atoms with van der Waals surface area (Å²) in [7, 11) is 1.61. The van der Waals surface area contributed by atoms with Gasteiger partial charge in [0.2, 0.25) is 15.0 Å². The second kappa shape index (κ2) is 5.69. The van der Waals surface area contributed by atoms with Crippen molar-refractivity contribution < 1.29 is 13.2 Å². The van der Waals surface area contributed by atoms with E-state index in [1.165, 1.54) is 4.90 Å². The highest BCUT2D eigenvalue weighted by molar-refractivity contribution is 8.14. The lowest BCUT2D eigenvalue weighted by Gasteiger charge is -2.16. The van der Waals surface area contributed by atoms with E-state index >= 15 is 0 Å². The molecule has 1 unspecified atom stereocenters. The lowest BCUT2D eigenvalue weighted by atomic mass is 10.1. The van der Waals surface area contributed by atoms with Crippen molar-refractivity contribution >= 4 is 37.2 Å². The van der Waals surface area contributed by atoms with Crippen LogP contribution in [0.5, 0.6) is 0 Å². The summed E-state index contributed by atoms with van der Waals surface area (Å²) >= 11 is 6.03. The second-order valence-electron chi connectivity index (χ2n) is 4.48. The van der Waals surface area contributed by atoms with Crippen molar-refractivity contribution in [2.45, 2.75) is 18.1 Å². The molecule has 0 N–H and O–H groups in total. The molecule has 1 aliphatic heterocycles. The third-order valence-corrected chi connectivity index (χ3v) is 5.42. The van der Waals surface area contributed by atoms with Gasteiger partial charge >= 0.3 is 0 Å². The maximum absolute atomic E-state index is 11.7. The average Bonchev–Trinajstić information content (AvgIpc) is 2.70. The van der Waals surface area contributed by atoms with Crippen LogP contribution in [0.3, 0.4) is 0 Å². The number of benzene rings is 1. The van der Waals surface area contributed by atoms with Gasteiger partial charge in [0.05, 0.1) is 0 Å². The van der Waals surface area contributed by atoms with Crippen LogP contribution in [0, 0.1) is 0 Å². The Morgan fingerprint density at radius 1 is 1.32 bits per heavy atom. The first kappa shape index (κ1) is 14.6. The van der Waals surface area contributed by atoms with Crippen molar-refractivity contribution in [1.82, 2.24) is 4.90 Å². The number of carbonyl (C=O) groups excluding carboxylic acids is 1. The number of halogens is 2. The minimum absolute atomic E-state index is 0.0334. The fourth-order valence-electron chi connectivity index (χ4n) is 2.10. The summed E-state index contributed by atoms with van der Waals surface area (Å²) in [5.74, 6) is -0.179. The number of likely N-dealkylation sites (tertiary alicyclic amines) is 1. The summed E-state index contributed by atoms with van der Waals surface area (Å²) in [6.45, 7) is 0.612. The number of nitrogens with zero attached hydrogens (tertiary/aromatic N) is 1. The SMILES string of the molecule is O=C1CC(S(=O)(=O)Cl)CN1CCc1ccccc1Cl. The van der Waals surface area contributed by atoms with Crippen LogP contribution >= 0.6 is 22.3 Å². The van der Waals surface area contributed by atoms with E-state index in [2.05, 4.69) is 0 Å². The predicted octanol–water partition coefficient (Wildman–Crippen LogP) is 2.05. The minimum Gasteiger partial charge on any atom is -0.341 e. The molecule has 4 nitrogen and oxygen atoms in total. The second-order valence-corrected chi connectivity index (χ2v) is 7.80. The lowest BCUT2D eigenvalue weighted by molar-refractivity contribution is -0.127. The van der Waals surface area contributed by atoms with Crippen molar-refractivity contribution in [3.63, 3.8) is 0 Å². The Labute approximate surface area is 121 Å². The molecule has 2 rings (SSSR count). The van der Waals surface area contributed by atoms with Crippen LogP contribution in [0.25, 0.3) is 0 Å². The lowest BCUT2D eigenvalue weighted by Crippen LogP contribution is -2.29. The molecule has 1 aromatic carbocycles. The van der Waals surface area contributed by atoms with Gasteiger partial charge in [-0.15, -0.1) is 0 Å². The quantitative estimate of drug-likeness (QED) is 0.797. The largest absolute Gasteiger partial charge is 0.341 e. The van der Waals surface area contributed by atoms with Gasteiger partial charge in [0, 0.05) is 35.2 Å². The summed E-state index contributed by atoms with van der Waals surface area (Å²) in [4.78, 5) is 13.2. The molecular formula is C12H13Cl2NO3S. The number of amides is 1. The Bertz CT molecular complexity index is 588. The fourth-order valence-corrected chi connectivity index (χ4v) is 3.39. The van der Waals surface area contributed by atoms with Gasteiger partial charge in [0.1, 0.15) is 5.25 Å². The van der Waals surface area contributed by atoms with Crippen LogP contribution in [-0.2, 0) is 20.3 Å². The number of carbonyl (C=O) groups is 1. The first-order valence-electron chi connectivity index (χ1n) is 5.82. The molecule has 0 saturated carbocycles. The molecule has 0 aliphatic carbocycles. The summed E-state index contributed by atoms with van der Waals surface area (Å²) in [5.41, 5.74) is 0.939. The highest BCUT2D eigenvalue weighted by Crippen LogP contribution is 2.22. The number of rotatable bonds is 4. The van der Waals surface area contributed by atoms with Gasteiger partial charge in [-0.3, -0.25) is 4.79 Å². The molecule has 0 bridgehead atoms. The zero-order valence-electron chi connectivity index (χ0n) is 10.1. The van der Waals surface area contributed by atoms with Crippen LogP contribution in [0.15, 0.2) is 24.3 Å². The fraction of sp³-hybridized carbons (Fsp3) is 0.417. The Morgan fingerprint density at radius 2 is 2.00 bits per heavy atom. The molecule has 0 spiro atoms. The summed E-state index contributed by atoms with van der Waals surface area (Å²) in [6, 6.07) is 7.38. The van der Waals surface area contributed by atoms with Crippen LogP contribution in [0.4, 0.5) is 0 Å². The molecule has 0 aromatic heterocycles. The Kier molecular flexibility index (Phi) is 4.38. The highest BCUT2D eigenvalue weighted by Gasteiger charge is 2.36. The van der Waals surface area contributed by atoms with E-state index in [1.54, 1.807) is 6.07 Å². The molecule has 19 heavy (non-hydrogen) atoms. The first-order valence-corrected chi connectivity index (χ1v) is 8.57. The molecule has 1 aliphatic rings. The molecule has 1 fully saturated rings. The van der Waals surface area contributed by atoms with Crippen molar-refractivity contribution in [3.8, 4) is 0 Å². The van der Waals surface area contributed by atoms with Gasteiger partial charge in [0.25, 0.3) is 0 Å².